The van der Waals surface area contributed by atoms with Crippen molar-refractivity contribution in [3.63, 3.8) is 0 Å². The number of carbonyl (C=O) groups is 1. The van der Waals surface area contributed by atoms with Gasteiger partial charge in [0, 0.05) is 25.2 Å². The maximum Gasteiger partial charge on any atom is 0.239 e. The highest BCUT2D eigenvalue weighted by Crippen LogP contribution is 2.18. The molecule has 1 amide bonds. The maximum atomic E-state index is 11.8. The largest absolute Gasteiger partial charge is 0.497 e. The first-order valence-electron chi connectivity index (χ1n) is 8.36. The Morgan fingerprint density at radius 1 is 1.20 bits per heavy atom. The third-order valence-corrected chi connectivity index (χ3v) is 3.08. The molecular formula is C18H30N4O3. The van der Waals surface area contributed by atoms with E-state index >= 15 is 0 Å². The van der Waals surface area contributed by atoms with Gasteiger partial charge in [-0.25, -0.2) is 0 Å². The minimum atomic E-state index is -0.243. The lowest BCUT2D eigenvalue weighted by Crippen LogP contribution is -2.48. The Hall–Kier alpha value is -2.44. The molecule has 0 atom stereocenters. The molecule has 3 N–H and O–H groups in total. The van der Waals surface area contributed by atoms with Crippen LogP contribution in [-0.4, -0.2) is 51.3 Å². The lowest BCUT2D eigenvalue weighted by Gasteiger charge is -2.21. The van der Waals surface area contributed by atoms with Crippen LogP contribution in [0, 0.1) is 0 Å². The monoisotopic (exact) mass is 350 g/mol. The molecule has 1 aromatic carbocycles. The fourth-order valence-corrected chi connectivity index (χ4v) is 2.01. The molecule has 0 saturated heterocycles. The molecule has 0 aliphatic carbocycles. The van der Waals surface area contributed by atoms with Gasteiger partial charge in [-0.1, -0.05) is 6.07 Å². The molecule has 7 nitrogen and oxygen atoms in total. The van der Waals surface area contributed by atoms with Gasteiger partial charge in [-0.2, -0.15) is 0 Å². The summed E-state index contributed by atoms with van der Waals surface area (Å²) in [7, 11) is 3.30. The fourth-order valence-electron chi connectivity index (χ4n) is 2.01. The van der Waals surface area contributed by atoms with Crippen molar-refractivity contribution in [1.29, 1.82) is 0 Å². The molecule has 0 heterocycles. The van der Waals surface area contributed by atoms with Gasteiger partial charge in [-0.15, -0.1) is 0 Å². The third kappa shape index (κ3) is 9.44. The molecule has 0 aliphatic rings. The Labute approximate surface area is 150 Å². The van der Waals surface area contributed by atoms with E-state index in [1.165, 1.54) is 0 Å². The van der Waals surface area contributed by atoms with E-state index < -0.39 is 0 Å². The summed E-state index contributed by atoms with van der Waals surface area (Å²) in [5.41, 5.74) is -0.243. The van der Waals surface area contributed by atoms with Crippen LogP contribution in [0.25, 0.3) is 0 Å². The van der Waals surface area contributed by atoms with Crippen LogP contribution in [0.1, 0.15) is 27.2 Å². The van der Waals surface area contributed by atoms with E-state index in [0.717, 1.165) is 17.9 Å². The van der Waals surface area contributed by atoms with Crippen molar-refractivity contribution in [1.82, 2.24) is 16.0 Å². The SMILES string of the molecule is CN=C(NCCCOc1cccc(OC)c1)NCC(=O)NC(C)(C)C. The van der Waals surface area contributed by atoms with Crippen molar-refractivity contribution < 1.29 is 14.3 Å². The number of benzene rings is 1. The van der Waals surface area contributed by atoms with Crippen molar-refractivity contribution in [2.24, 2.45) is 4.99 Å². The second-order valence-corrected chi connectivity index (χ2v) is 6.53. The fraction of sp³-hybridized carbons (Fsp3) is 0.556. The summed E-state index contributed by atoms with van der Waals surface area (Å²) in [6.45, 7) is 7.27. The number of ether oxygens (including phenoxy) is 2. The van der Waals surface area contributed by atoms with E-state index in [2.05, 4.69) is 20.9 Å². The smallest absolute Gasteiger partial charge is 0.239 e. The molecule has 0 aliphatic heterocycles. The van der Waals surface area contributed by atoms with E-state index in [1.54, 1.807) is 14.2 Å². The average molecular weight is 350 g/mol. The van der Waals surface area contributed by atoms with Gasteiger partial charge in [-0.3, -0.25) is 9.79 Å². The Morgan fingerprint density at radius 3 is 2.56 bits per heavy atom. The zero-order valence-corrected chi connectivity index (χ0v) is 15.8. The van der Waals surface area contributed by atoms with Crippen molar-refractivity contribution in [2.75, 3.05) is 33.9 Å². The molecule has 7 heteroatoms. The quantitative estimate of drug-likeness (QED) is 0.376. The van der Waals surface area contributed by atoms with Gasteiger partial charge in [0.05, 0.1) is 20.3 Å². The number of methoxy groups -OCH3 is 1. The third-order valence-electron chi connectivity index (χ3n) is 3.08. The first-order valence-corrected chi connectivity index (χ1v) is 8.36. The normalized spacial score (nSPS) is 11.6. The number of rotatable bonds is 8. The molecule has 1 rings (SSSR count). The molecule has 140 valence electrons. The maximum absolute atomic E-state index is 11.8. The summed E-state index contributed by atoms with van der Waals surface area (Å²) in [5, 5.41) is 9.02. The van der Waals surface area contributed by atoms with Crippen LogP contribution >= 0.6 is 0 Å². The second-order valence-electron chi connectivity index (χ2n) is 6.53. The average Bonchev–Trinajstić information content (AvgIpc) is 2.56. The highest BCUT2D eigenvalue weighted by molar-refractivity contribution is 5.86. The predicted octanol–water partition coefficient (Wildman–Crippen LogP) is 1.54. The predicted molar refractivity (Wildman–Crippen MR) is 100 cm³/mol. The van der Waals surface area contributed by atoms with E-state index in [-0.39, 0.29) is 18.0 Å². The molecule has 0 unspecified atom stereocenters. The standard InChI is InChI=1S/C18H30N4O3/c1-18(2,3)22-16(23)13-21-17(19-4)20-10-7-11-25-15-9-6-8-14(12-15)24-5/h6,8-9,12H,7,10-11,13H2,1-5H3,(H,22,23)(H2,19,20,21). The van der Waals surface area contributed by atoms with E-state index in [4.69, 9.17) is 9.47 Å². The van der Waals surface area contributed by atoms with Crippen LogP contribution in [0.3, 0.4) is 0 Å². The zero-order chi connectivity index (χ0) is 18.7. The van der Waals surface area contributed by atoms with Gasteiger partial charge >= 0.3 is 0 Å². The molecular weight excluding hydrogens is 320 g/mol. The van der Waals surface area contributed by atoms with Crippen molar-refractivity contribution in [2.45, 2.75) is 32.7 Å². The minimum absolute atomic E-state index is 0.0724. The molecule has 0 spiro atoms. The topological polar surface area (TPSA) is 84.0 Å². The van der Waals surface area contributed by atoms with E-state index in [0.29, 0.717) is 19.1 Å². The number of hydrogen-bond donors (Lipinski definition) is 3. The lowest BCUT2D eigenvalue weighted by atomic mass is 10.1. The second kappa shape index (κ2) is 10.4. The first-order chi connectivity index (χ1) is 11.8. The van der Waals surface area contributed by atoms with E-state index in [1.807, 2.05) is 45.0 Å². The number of amides is 1. The Bertz CT molecular complexity index is 568. The Balaban J connectivity index is 2.21. The van der Waals surface area contributed by atoms with Crippen LogP contribution in [0.5, 0.6) is 11.5 Å². The summed E-state index contributed by atoms with van der Waals surface area (Å²) < 4.78 is 10.8. The van der Waals surface area contributed by atoms with Crippen LogP contribution < -0.4 is 25.4 Å². The Morgan fingerprint density at radius 2 is 1.92 bits per heavy atom. The summed E-state index contributed by atoms with van der Waals surface area (Å²) in [4.78, 5) is 15.9. The van der Waals surface area contributed by atoms with Crippen molar-refractivity contribution in [3.05, 3.63) is 24.3 Å². The first kappa shape index (κ1) is 20.6. The molecule has 25 heavy (non-hydrogen) atoms. The number of nitrogens with zero attached hydrogens (tertiary/aromatic N) is 1. The van der Waals surface area contributed by atoms with Crippen LogP contribution in [-0.2, 0) is 4.79 Å². The minimum Gasteiger partial charge on any atom is -0.497 e. The van der Waals surface area contributed by atoms with Gasteiger partial charge in [0.2, 0.25) is 5.91 Å². The summed E-state index contributed by atoms with van der Waals surface area (Å²) in [5.74, 6) is 2.07. The molecule has 0 fully saturated rings. The van der Waals surface area contributed by atoms with Gasteiger partial charge in [0.25, 0.3) is 0 Å². The molecule has 0 radical (unpaired) electrons. The van der Waals surface area contributed by atoms with Crippen LogP contribution in [0.2, 0.25) is 0 Å². The van der Waals surface area contributed by atoms with Gasteiger partial charge < -0.3 is 25.4 Å². The molecule has 0 bridgehead atoms. The Kier molecular flexibility index (Phi) is 8.60. The van der Waals surface area contributed by atoms with Crippen LogP contribution in [0.15, 0.2) is 29.3 Å². The number of nitrogens with one attached hydrogen (secondary N) is 3. The summed E-state index contributed by atoms with van der Waals surface area (Å²) >= 11 is 0. The van der Waals surface area contributed by atoms with Gasteiger partial charge in [0.15, 0.2) is 5.96 Å². The van der Waals surface area contributed by atoms with Gasteiger partial charge in [0.1, 0.15) is 11.5 Å². The lowest BCUT2D eigenvalue weighted by molar-refractivity contribution is -0.121. The van der Waals surface area contributed by atoms with E-state index in [9.17, 15) is 4.79 Å². The number of aliphatic imine (C=N–C) groups is 1. The highest BCUT2D eigenvalue weighted by atomic mass is 16.5. The zero-order valence-electron chi connectivity index (χ0n) is 15.8. The highest BCUT2D eigenvalue weighted by Gasteiger charge is 2.13. The summed E-state index contributed by atoms with van der Waals surface area (Å²) in [6.07, 6.45) is 0.798. The number of guanidine groups is 1. The molecule has 0 aromatic heterocycles. The summed E-state index contributed by atoms with van der Waals surface area (Å²) in [6, 6.07) is 7.51. The molecule has 1 aromatic rings. The van der Waals surface area contributed by atoms with Crippen molar-refractivity contribution >= 4 is 11.9 Å². The molecule has 0 saturated carbocycles. The van der Waals surface area contributed by atoms with Gasteiger partial charge in [-0.05, 0) is 39.3 Å². The number of hydrogen-bond acceptors (Lipinski definition) is 4. The van der Waals surface area contributed by atoms with Crippen molar-refractivity contribution in [3.8, 4) is 11.5 Å². The number of carbonyl (C=O) groups excluding carboxylic acids is 1. The van der Waals surface area contributed by atoms with Crippen LogP contribution in [0.4, 0.5) is 0 Å².